The van der Waals surface area contributed by atoms with Crippen LogP contribution in [0.25, 0.3) is 0 Å². The van der Waals surface area contributed by atoms with E-state index in [0.717, 1.165) is 63.9 Å². The molecule has 6 fully saturated rings. The Kier molecular flexibility index (Phi) is 27.7. The number of aryl methyl sites for hydroxylation is 1. The summed E-state index contributed by atoms with van der Waals surface area (Å²) in [4.78, 5) is 177. The van der Waals surface area contributed by atoms with E-state index in [1.54, 1.807) is 18.7 Å². The van der Waals surface area contributed by atoms with Gasteiger partial charge in [0.15, 0.2) is 0 Å². The zero-order valence-electron chi connectivity index (χ0n) is 62.1. The van der Waals surface area contributed by atoms with Crippen molar-refractivity contribution in [3.05, 3.63) is 69.7 Å². The largest absolute Gasteiger partial charge is 0.417 e. The van der Waals surface area contributed by atoms with Crippen LogP contribution in [0.2, 0.25) is 5.02 Å². The third kappa shape index (κ3) is 19.2. The Labute approximate surface area is 615 Å². The van der Waals surface area contributed by atoms with Gasteiger partial charge in [-0.2, -0.15) is 26.3 Å². The standard InChI is InChI=1S/C74H105ClF6N12O12/c1-12-44(4)60-69(103)86(7)45(5)64(98)93-37-31-54(93)67(101)88(9)56(40-47-23-27-49(28-24-47)73(76,77)78)66(100)85(6)42-58(94)82-52(30-26-46-25-29-50(51(75)39-46)74(79,80)81)65(99)92-36-19-22-53(92)63(97)84-72(32-15-16-33-72)71(105)90(11)61(48-20-13-14-21-48)70(104)89(10)57(68(102)91-34-17-18-35-91)41-59(95)87(8)55(38-43(2)3)62(96)83-60/h23-25,27-29,39,43-45,48,52-57,60-61,65,99H,12-22,26,30-38,40-42H2,1-11H3,(H,82,94)(H,83,96)(H,84,97)/t44-,45-,52-,53-,54-,55-,56-,57+,60-,61-,65?/m0/s1. The molecular formula is C74H105ClF6N12O12. The van der Waals surface area contributed by atoms with Crippen molar-refractivity contribution in [1.29, 1.82) is 0 Å². The molecule has 6 aliphatic rings. The number of amides is 11. The second-order valence-corrected chi connectivity index (χ2v) is 30.7. The topological polar surface area (TPSA) is 273 Å². The number of fused-ring (bicyclic) bond motifs is 2. The molecule has 0 bridgehead atoms. The lowest BCUT2D eigenvalue weighted by molar-refractivity contribution is -0.160. The van der Waals surface area contributed by atoms with Gasteiger partial charge in [0.2, 0.25) is 65.0 Å². The summed E-state index contributed by atoms with van der Waals surface area (Å²) in [5, 5.41) is 20.7. The Morgan fingerprint density at radius 1 is 0.648 bits per heavy atom. The van der Waals surface area contributed by atoms with Gasteiger partial charge in [0.25, 0.3) is 0 Å². The number of rotatable bonds is 11. The van der Waals surface area contributed by atoms with Gasteiger partial charge in [-0.1, -0.05) is 89.6 Å². The molecule has 2 aromatic rings. The fraction of sp³-hybridized carbons (Fsp3) is 0.689. The summed E-state index contributed by atoms with van der Waals surface area (Å²) in [5.74, 6) is -8.95. The number of hydrogen-bond acceptors (Lipinski definition) is 13. The van der Waals surface area contributed by atoms with Gasteiger partial charge in [-0.05, 0) is 137 Å². The van der Waals surface area contributed by atoms with Crippen LogP contribution in [0, 0.1) is 17.8 Å². The molecule has 4 aliphatic heterocycles. The highest BCUT2D eigenvalue weighted by molar-refractivity contribution is 6.31. The first kappa shape index (κ1) is 83.0. The summed E-state index contributed by atoms with van der Waals surface area (Å²) in [6, 6.07) is -4.77. The van der Waals surface area contributed by atoms with Gasteiger partial charge >= 0.3 is 12.4 Å². The van der Waals surface area contributed by atoms with E-state index in [1.165, 1.54) is 79.8 Å². The minimum Gasteiger partial charge on any atom is -0.376 e. The lowest BCUT2D eigenvalue weighted by atomic mass is 9.90. The van der Waals surface area contributed by atoms with Gasteiger partial charge in [0.1, 0.15) is 54.1 Å². The van der Waals surface area contributed by atoms with Crippen molar-refractivity contribution in [3.63, 3.8) is 0 Å². The Hall–Kier alpha value is -7.60. The molecule has 8 rings (SSSR count). The Balaban J connectivity index is 1.19. The van der Waals surface area contributed by atoms with Gasteiger partial charge in [0, 0.05) is 74.9 Å². The fourth-order valence-electron chi connectivity index (χ4n) is 15.9. The molecule has 0 radical (unpaired) electrons. The van der Waals surface area contributed by atoms with Crippen LogP contribution in [0.5, 0.6) is 0 Å². The number of nitrogens with one attached hydrogen (secondary N) is 3. The number of nitrogens with zero attached hydrogens (tertiary/aromatic N) is 9. The molecule has 4 N–H and O–H groups in total. The van der Waals surface area contributed by atoms with Crippen LogP contribution < -0.4 is 16.0 Å². The third-order valence-electron chi connectivity index (χ3n) is 22.8. The van der Waals surface area contributed by atoms with E-state index in [0.29, 0.717) is 64.5 Å². The molecule has 2 aliphatic carbocycles. The smallest absolute Gasteiger partial charge is 0.376 e. The summed E-state index contributed by atoms with van der Waals surface area (Å²) < 4.78 is 83.3. The molecule has 4 saturated heterocycles. The molecule has 2 aromatic carbocycles. The van der Waals surface area contributed by atoms with E-state index in [1.807, 2.05) is 13.8 Å². The van der Waals surface area contributed by atoms with Crippen LogP contribution in [0.4, 0.5) is 26.3 Å². The van der Waals surface area contributed by atoms with Crippen molar-refractivity contribution in [3.8, 4) is 0 Å². The summed E-state index contributed by atoms with van der Waals surface area (Å²) in [6.45, 7) is 8.64. The fourth-order valence-corrected chi connectivity index (χ4v) is 16.2. The predicted molar refractivity (Wildman–Crippen MR) is 376 cm³/mol. The summed E-state index contributed by atoms with van der Waals surface area (Å²) in [5.41, 5.74) is -3.26. The number of carbonyl (C=O) groups is 11. The molecule has 1 unspecified atom stereocenters. The Bertz CT molecular complexity index is 3500. The van der Waals surface area contributed by atoms with Crippen LogP contribution in [-0.2, 0) is 77.9 Å². The van der Waals surface area contributed by atoms with Crippen LogP contribution in [0.1, 0.15) is 166 Å². The van der Waals surface area contributed by atoms with Crippen LogP contribution in [0.3, 0.4) is 0 Å². The summed E-state index contributed by atoms with van der Waals surface area (Å²) >= 11 is 6.16. The maximum atomic E-state index is 15.7. The minimum absolute atomic E-state index is 0.0185. The number of hydrogen-bond donors (Lipinski definition) is 4. The van der Waals surface area contributed by atoms with Crippen molar-refractivity contribution in [2.24, 2.45) is 17.8 Å². The molecule has 4 heterocycles. The zero-order valence-corrected chi connectivity index (χ0v) is 62.9. The average Bonchev–Trinajstić information content (AvgIpc) is 1.77. The second-order valence-electron chi connectivity index (χ2n) is 30.3. The lowest BCUT2D eigenvalue weighted by Crippen LogP contribution is -2.65. The SMILES string of the molecule is CC[C@H](C)[C@@H]1NC(=O)[C@H](CC(C)C)N(C)C(=O)C[C@H](C(=O)N2CCCC2)N(C)C(=O)[C@H](C2CCCC2)N(C)C(=O)C2(CCCC2)NC(=O)[C@@H]2CCCN2C(O)[C@H](CCc2ccc(C(F)(F)F)c(Cl)c2)NC(=O)CN(C)C(=O)[C@H](Cc2ccc(C(F)(F)F)cc2)N(C)C(=O)[C@@H]2CCN2C(=O)[C@H](C)N(C)C1=O. The zero-order chi connectivity index (χ0) is 77.5. The predicted octanol–water partition coefficient (Wildman–Crippen LogP) is 6.26. The molecule has 11 amide bonds. The minimum atomic E-state index is -4.80. The molecule has 24 nitrogen and oxygen atoms in total. The Morgan fingerprint density at radius 3 is 1.85 bits per heavy atom. The Morgan fingerprint density at radius 2 is 1.28 bits per heavy atom. The van der Waals surface area contributed by atoms with Gasteiger partial charge in [0.05, 0.1) is 41.2 Å². The number of carbonyl (C=O) groups excluding carboxylic acids is 11. The number of aliphatic hydroxyl groups is 1. The molecule has 31 heteroatoms. The number of likely N-dealkylation sites (tertiary alicyclic amines) is 1. The van der Waals surface area contributed by atoms with Gasteiger partial charge in [-0.25, -0.2) is 0 Å². The third-order valence-corrected chi connectivity index (χ3v) is 23.1. The molecule has 11 atom stereocenters. The highest BCUT2D eigenvalue weighted by Crippen LogP contribution is 2.39. The molecule has 582 valence electrons. The van der Waals surface area contributed by atoms with Gasteiger partial charge < -0.3 is 60.3 Å². The van der Waals surface area contributed by atoms with Gasteiger partial charge in [-0.3, -0.25) is 57.6 Å². The molecule has 105 heavy (non-hydrogen) atoms. The van der Waals surface area contributed by atoms with E-state index in [9.17, 15) is 65.0 Å². The normalized spacial score (nSPS) is 27.8. The van der Waals surface area contributed by atoms with Crippen LogP contribution in [0.15, 0.2) is 42.5 Å². The highest BCUT2D eigenvalue weighted by Gasteiger charge is 2.52. The van der Waals surface area contributed by atoms with E-state index >= 15 is 19.2 Å². The second kappa shape index (κ2) is 35.0. The number of aliphatic hydroxyl groups excluding tert-OH is 1. The van der Waals surface area contributed by atoms with Crippen LogP contribution in [-0.4, -0.2) is 255 Å². The quantitative estimate of drug-likeness (QED) is 0.181. The van der Waals surface area contributed by atoms with E-state index in [2.05, 4.69) is 16.0 Å². The molecule has 2 saturated carbocycles. The van der Waals surface area contributed by atoms with E-state index < -0.39 is 191 Å². The average molecular weight is 1500 g/mol. The maximum absolute atomic E-state index is 15.7. The summed E-state index contributed by atoms with van der Waals surface area (Å²) in [6.07, 6.45) is -6.47. The number of halogens is 7. The van der Waals surface area contributed by atoms with E-state index in [-0.39, 0.29) is 75.1 Å². The summed E-state index contributed by atoms with van der Waals surface area (Å²) in [7, 11) is 8.18. The first-order valence-electron chi connectivity index (χ1n) is 36.9. The highest BCUT2D eigenvalue weighted by atomic mass is 35.5. The van der Waals surface area contributed by atoms with Crippen molar-refractivity contribution in [1.82, 2.24) is 60.0 Å². The first-order valence-corrected chi connectivity index (χ1v) is 37.2. The molecule has 1 spiro atoms. The lowest BCUT2D eigenvalue weighted by Gasteiger charge is -2.45. The number of likely N-dealkylation sites (N-methyl/N-ethyl adjacent to an activating group) is 6. The molecular weight excluding hydrogens is 1400 g/mol. The number of alkyl halides is 6. The van der Waals surface area contributed by atoms with E-state index in [4.69, 9.17) is 11.6 Å². The van der Waals surface area contributed by atoms with Crippen molar-refractivity contribution in [2.75, 3.05) is 75.0 Å². The van der Waals surface area contributed by atoms with Crippen molar-refractivity contribution < 1.29 is 84.2 Å². The van der Waals surface area contributed by atoms with Crippen molar-refractivity contribution >= 4 is 76.6 Å². The monoisotopic (exact) mass is 1500 g/mol. The van der Waals surface area contributed by atoms with Crippen LogP contribution >= 0.6 is 11.6 Å². The van der Waals surface area contributed by atoms with Gasteiger partial charge in [-0.15, -0.1) is 0 Å². The molecule has 0 aromatic heterocycles. The maximum Gasteiger partial charge on any atom is 0.417 e. The first-order chi connectivity index (χ1) is 49.3. The van der Waals surface area contributed by atoms with Crippen molar-refractivity contribution in [2.45, 2.75) is 235 Å². The number of benzene rings is 2.